The molecule has 0 spiro atoms. The largest absolute Gasteiger partial charge is 0.371 e. The van der Waals surface area contributed by atoms with E-state index < -0.39 is 0 Å². The number of carbonyl (C=O) groups is 1. The Kier molecular flexibility index (Phi) is 6.71. The summed E-state index contributed by atoms with van der Waals surface area (Å²) in [4.78, 5) is 14.5. The maximum absolute atomic E-state index is 13.1. The minimum Gasteiger partial charge on any atom is -0.371 e. The molecule has 27 heavy (non-hydrogen) atoms. The molecule has 1 aliphatic rings. The molecular weight excluding hydrogens is 390 g/mol. The molecule has 1 fully saturated rings. The van der Waals surface area contributed by atoms with E-state index in [2.05, 4.69) is 5.32 Å². The molecule has 0 aliphatic carbocycles. The van der Waals surface area contributed by atoms with Gasteiger partial charge in [-0.1, -0.05) is 41.4 Å². The summed E-state index contributed by atoms with van der Waals surface area (Å²) >= 11 is 12.1. The predicted molar refractivity (Wildman–Crippen MR) is 105 cm³/mol. The molecule has 2 unspecified atom stereocenters. The van der Waals surface area contributed by atoms with Gasteiger partial charge in [0.15, 0.2) is 0 Å². The van der Waals surface area contributed by atoms with Crippen molar-refractivity contribution < 1.29 is 13.9 Å². The minimum atomic E-state index is -0.277. The first-order valence-corrected chi connectivity index (χ1v) is 9.51. The van der Waals surface area contributed by atoms with Crippen LogP contribution in [0, 0.1) is 5.82 Å². The number of nitrogens with zero attached hydrogens (tertiary/aromatic N) is 1. The lowest BCUT2D eigenvalue weighted by Crippen LogP contribution is -2.44. The monoisotopic (exact) mass is 410 g/mol. The van der Waals surface area contributed by atoms with Crippen molar-refractivity contribution in [2.75, 3.05) is 26.2 Å². The molecule has 2 atom stereocenters. The first kappa shape index (κ1) is 20.1. The lowest BCUT2D eigenvalue weighted by atomic mass is 10.1. The SMILES string of the molecule is CC(NC(=O)CN1CCOC(c2ccc(F)cc2)C1)c1ccc(Cl)cc1Cl. The third kappa shape index (κ3) is 5.42. The van der Waals surface area contributed by atoms with E-state index in [1.165, 1.54) is 12.1 Å². The Morgan fingerprint density at radius 2 is 2.04 bits per heavy atom. The van der Waals surface area contributed by atoms with Crippen molar-refractivity contribution in [3.8, 4) is 0 Å². The van der Waals surface area contributed by atoms with Crippen molar-refractivity contribution in [1.29, 1.82) is 0 Å². The molecule has 4 nitrogen and oxygen atoms in total. The Labute approximate surface area is 168 Å². The van der Waals surface area contributed by atoms with Crippen molar-refractivity contribution in [1.82, 2.24) is 10.2 Å². The number of carbonyl (C=O) groups excluding carboxylic acids is 1. The van der Waals surface area contributed by atoms with E-state index in [9.17, 15) is 9.18 Å². The van der Waals surface area contributed by atoms with Crippen LogP contribution in [0.2, 0.25) is 10.0 Å². The maximum Gasteiger partial charge on any atom is 0.234 e. The number of hydrogen-bond acceptors (Lipinski definition) is 3. The molecule has 1 N–H and O–H groups in total. The Hall–Kier alpha value is -1.66. The summed E-state index contributed by atoms with van der Waals surface area (Å²) in [6.07, 6.45) is -0.171. The first-order chi connectivity index (χ1) is 12.9. The second-order valence-electron chi connectivity index (χ2n) is 6.60. The molecule has 144 valence electrons. The molecule has 2 aromatic carbocycles. The summed E-state index contributed by atoms with van der Waals surface area (Å²) in [5.41, 5.74) is 1.73. The van der Waals surface area contributed by atoms with Crippen LogP contribution in [0.5, 0.6) is 0 Å². The highest BCUT2D eigenvalue weighted by molar-refractivity contribution is 6.35. The number of halogens is 3. The Morgan fingerprint density at radius 3 is 2.74 bits per heavy atom. The summed E-state index contributed by atoms with van der Waals surface area (Å²) in [6.45, 7) is 3.91. The van der Waals surface area contributed by atoms with Crippen LogP contribution in [0.15, 0.2) is 42.5 Å². The van der Waals surface area contributed by atoms with Crippen molar-refractivity contribution in [2.24, 2.45) is 0 Å². The maximum atomic E-state index is 13.1. The molecule has 1 saturated heterocycles. The minimum absolute atomic E-state index is 0.0896. The van der Waals surface area contributed by atoms with Crippen LogP contribution in [-0.4, -0.2) is 37.0 Å². The number of ether oxygens (including phenoxy) is 1. The van der Waals surface area contributed by atoms with Gasteiger partial charge in [-0.2, -0.15) is 0 Å². The van der Waals surface area contributed by atoms with Crippen molar-refractivity contribution in [2.45, 2.75) is 19.1 Å². The molecular formula is C20H21Cl2FN2O2. The fourth-order valence-electron chi connectivity index (χ4n) is 3.15. The van der Waals surface area contributed by atoms with Crippen molar-refractivity contribution in [3.63, 3.8) is 0 Å². The molecule has 0 aromatic heterocycles. The van der Waals surface area contributed by atoms with Gasteiger partial charge in [-0.15, -0.1) is 0 Å². The number of nitrogens with one attached hydrogen (secondary N) is 1. The summed E-state index contributed by atoms with van der Waals surface area (Å²) in [5.74, 6) is -0.367. The zero-order valence-corrected chi connectivity index (χ0v) is 16.4. The highest BCUT2D eigenvalue weighted by atomic mass is 35.5. The molecule has 0 bridgehead atoms. The highest BCUT2D eigenvalue weighted by Gasteiger charge is 2.24. The van der Waals surface area contributed by atoms with Crippen molar-refractivity contribution >= 4 is 29.1 Å². The van der Waals surface area contributed by atoms with Crippen LogP contribution in [-0.2, 0) is 9.53 Å². The van der Waals surface area contributed by atoms with E-state index in [0.29, 0.717) is 29.7 Å². The number of rotatable bonds is 5. The second kappa shape index (κ2) is 9.02. The standard InChI is InChI=1S/C20H21Cl2FN2O2/c1-13(17-7-4-15(21)10-18(17)22)24-20(26)12-25-8-9-27-19(11-25)14-2-5-16(23)6-3-14/h2-7,10,13,19H,8-9,11-12H2,1H3,(H,24,26). The third-order valence-electron chi connectivity index (χ3n) is 4.57. The van der Waals surface area contributed by atoms with Gasteiger partial charge in [-0.05, 0) is 42.3 Å². The smallest absolute Gasteiger partial charge is 0.234 e. The van der Waals surface area contributed by atoms with Crippen LogP contribution < -0.4 is 5.32 Å². The van der Waals surface area contributed by atoms with Crippen LogP contribution in [0.25, 0.3) is 0 Å². The Morgan fingerprint density at radius 1 is 1.30 bits per heavy atom. The fraction of sp³-hybridized carbons (Fsp3) is 0.350. The van der Waals surface area contributed by atoms with E-state index in [1.54, 1.807) is 24.3 Å². The Bertz CT molecular complexity index is 801. The fourth-order valence-corrected chi connectivity index (χ4v) is 3.72. The zero-order valence-electron chi connectivity index (χ0n) is 14.9. The highest BCUT2D eigenvalue weighted by Crippen LogP contribution is 2.26. The summed E-state index contributed by atoms with van der Waals surface area (Å²) in [6, 6.07) is 11.3. The molecule has 1 amide bonds. The van der Waals surface area contributed by atoms with Gasteiger partial charge in [-0.3, -0.25) is 9.69 Å². The molecule has 1 aliphatic heterocycles. The van der Waals surface area contributed by atoms with Crippen LogP contribution in [0.4, 0.5) is 4.39 Å². The van der Waals surface area contributed by atoms with Gasteiger partial charge in [0.1, 0.15) is 5.82 Å². The molecule has 3 rings (SSSR count). The third-order valence-corrected chi connectivity index (χ3v) is 5.13. The van der Waals surface area contributed by atoms with E-state index in [1.807, 2.05) is 17.9 Å². The van der Waals surface area contributed by atoms with Crippen LogP contribution >= 0.6 is 23.2 Å². The number of benzene rings is 2. The average molecular weight is 411 g/mol. The zero-order chi connectivity index (χ0) is 19.4. The molecule has 0 radical (unpaired) electrons. The lowest BCUT2D eigenvalue weighted by molar-refractivity contribution is -0.125. The van der Waals surface area contributed by atoms with Gasteiger partial charge in [-0.25, -0.2) is 4.39 Å². The average Bonchev–Trinajstić information content (AvgIpc) is 2.62. The van der Waals surface area contributed by atoms with Gasteiger partial charge in [0.05, 0.1) is 25.3 Å². The predicted octanol–water partition coefficient (Wildman–Crippen LogP) is 4.38. The van der Waals surface area contributed by atoms with Crippen LogP contribution in [0.3, 0.4) is 0 Å². The van der Waals surface area contributed by atoms with E-state index >= 15 is 0 Å². The van der Waals surface area contributed by atoms with E-state index in [0.717, 1.165) is 11.1 Å². The molecule has 1 heterocycles. The summed E-state index contributed by atoms with van der Waals surface area (Å²) in [5, 5.41) is 4.05. The van der Waals surface area contributed by atoms with Gasteiger partial charge in [0.2, 0.25) is 5.91 Å². The van der Waals surface area contributed by atoms with Gasteiger partial charge < -0.3 is 10.1 Å². The molecule has 2 aromatic rings. The lowest BCUT2D eigenvalue weighted by Gasteiger charge is -2.33. The number of amides is 1. The topological polar surface area (TPSA) is 41.6 Å². The first-order valence-electron chi connectivity index (χ1n) is 8.76. The Balaban J connectivity index is 1.56. The quantitative estimate of drug-likeness (QED) is 0.794. The van der Waals surface area contributed by atoms with Crippen molar-refractivity contribution in [3.05, 3.63) is 69.5 Å². The van der Waals surface area contributed by atoms with E-state index in [4.69, 9.17) is 27.9 Å². The summed E-state index contributed by atoms with van der Waals surface area (Å²) < 4.78 is 18.9. The van der Waals surface area contributed by atoms with E-state index in [-0.39, 0.29) is 30.4 Å². The summed E-state index contributed by atoms with van der Waals surface area (Å²) in [7, 11) is 0. The van der Waals surface area contributed by atoms with Crippen LogP contribution in [0.1, 0.15) is 30.2 Å². The van der Waals surface area contributed by atoms with Gasteiger partial charge in [0, 0.05) is 23.1 Å². The van der Waals surface area contributed by atoms with Gasteiger partial charge >= 0.3 is 0 Å². The molecule has 7 heteroatoms. The number of morpholine rings is 1. The normalized spacial score (nSPS) is 18.9. The number of hydrogen-bond donors (Lipinski definition) is 1. The van der Waals surface area contributed by atoms with Gasteiger partial charge in [0.25, 0.3) is 0 Å². The molecule has 0 saturated carbocycles. The second-order valence-corrected chi connectivity index (χ2v) is 7.44.